The van der Waals surface area contributed by atoms with Crippen molar-refractivity contribution in [2.45, 2.75) is 38.8 Å². The largest absolute Gasteiger partial charge is 0.480 e. The van der Waals surface area contributed by atoms with Crippen LogP contribution < -0.4 is 5.32 Å². The van der Waals surface area contributed by atoms with E-state index >= 15 is 0 Å². The van der Waals surface area contributed by atoms with Gasteiger partial charge < -0.3 is 15.2 Å². The summed E-state index contributed by atoms with van der Waals surface area (Å²) in [4.78, 5) is 31.5. The van der Waals surface area contributed by atoms with Crippen molar-refractivity contribution in [2.75, 3.05) is 0 Å². The molecule has 0 saturated carbocycles. The number of alkyl carbamates (subject to hydrolysis) is 1. The Bertz CT molecular complexity index is 719. The number of nitrogens with zero attached hydrogens (tertiary/aromatic N) is 2. The van der Waals surface area contributed by atoms with Gasteiger partial charge in [-0.2, -0.15) is 0 Å². The zero-order valence-electron chi connectivity index (χ0n) is 13.2. The van der Waals surface area contributed by atoms with Gasteiger partial charge in [-0.3, -0.25) is 0 Å². The Kier molecular flexibility index (Phi) is 4.78. The summed E-state index contributed by atoms with van der Waals surface area (Å²) in [6, 6.07) is 6.16. The van der Waals surface area contributed by atoms with Crippen molar-refractivity contribution in [3.05, 3.63) is 36.3 Å². The van der Waals surface area contributed by atoms with Crippen molar-refractivity contribution < 1.29 is 19.4 Å². The molecule has 122 valence electrons. The molecule has 0 spiro atoms. The molecule has 1 amide bonds. The molecule has 0 radical (unpaired) electrons. The number of benzene rings is 1. The van der Waals surface area contributed by atoms with Crippen molar-refractivity contribution in [1.29, 1.82) is 0 Å². The minimum absolute atomic E-state index is 0.0393. The van der Waals surface area contributed by atoms with Crippen molar-refractivity contribution in [3.8, 4) is 0 Å². The number of hydrogen-bond acceptors (Lipinski definition) is 5. The molecule has 0 unspecified atom stereocenters. The average Bonchev–Trinajstić information content (AvgIpc) is 2.44. The summed E-state index contributed by atoms with van der Waals surface area (Å²) in [5.74, 6) is -1.15. The van der Waals surface area contributed by atoms with Gasteiger partial charge in [0, 0.05) is 11.8 Å². The number of nitrogens with one attached hydrogen (secondary N) is 1. The van der Waals surface area contributed by atoms with Gasteiger partial charge in [-0.25, -0.2) is 19.6 Å². The Morgan fingerprint density at radius 1 is 1.26 bits per heavy atom. The molecular formula is C16H19N3O4. The van der Waals surface area contributed by atoms with Crippen LogP contribution in [0, 0.1) is 0 Å². The summed E-state index contributed by atoms with van der Waals surface area (Å²) in [5.41, 5.74) is 0.576. The average molecular weight is 317 g/mol. The fourth-order valence-electron chi connectivity index (χ4n) is 2.07. The van der Waals surface area contributed by atoms with Gasteiger partial charge in [0.25, 0.3) is 0 Å². The van der Waals surface area contributed by atoms with Crippen molar-refractivity contribution in [2.24, 2.45) is 0 Å². The number of carbonyl (C=O) groups is 2. The van der Waals surface area contributed by atoms with E-state index in [1.807, 2.05) is 24.3 Å². The molecular weight excluding hydrogens is 298 g/mol. The van der Waals surface area contributed by atoms with Crippen LogP contribution in [0.5, 0.6) is 0 Å². The summed E-state index contributed by atoms with van der Waals surface area (Å²) in [5, 5.41) is 12.5. The third-order valence-electron chi connectivity index (χ3n) is 3.01. The first kappa shape index (κ1) is 16.7. The molecule has 7 nitrogen and oxygen atoms in total. The number of rotatable bonds is 4. The highest BCUT2D eigenvalue weighted by molar-refractivity contribution is 5.83. The predicted molar refractivity (Wildman–Crippen MR) is 84.0 cm³/mol. The lowest BCUT2D eigenvalue weighted by Crippen LogP contribution is -2.44. The van der Waals surface area contributed by atoms with Crippen LogP contribution in [-0.4, -0.2) is 38.8 Å². The number of carboxylic acids is 1. The quantitative estimate of drug-likeness (QED) is 0.896. The van der Waals surface area contributed by atoms with E-state index in [0.717, 1.165) is 10.9 Å². The number of para-hydroxylation sites is 1. The smallest absolute Gasteiger partial charge is 0.408 e. The lowest BCUT2D eigenvalue weighted by atomic mass is 10.1. The molecule has 0 fully saturated rings. The maximum atomic E-state index is 11.8. The SMILES string of the molecule is CC(C)(C)OC(=O)N[C@H](Cc1ncnc2ccccc12)C(=O)O. The topological polar surface area (TPSA) is 101 Å². The van der Waals surface area contributed by atoms with Gasteiger partial charge in [-0.15, -0.1) is 0 Å². The first-order valence-corrected chi connectivity index (χ1v) is 7.17. The van der Waals surface area contributed by atoms with Crippen LogP contribution in [0.15, 0.2) is 30.6 Å². The lowest BCUT2D eigenvalue weighted by molar-refractivity contribution is -0.139. The zero-order chi connectivity index (χ0) is 17.0. The highest BCUT2D eigenvalue weighted by Crippen LogP contribution is 2.16. The van der Waals surface area contributed by atoms with Crippen molar-refractivity contribution >= 4 is 23.0 Å². The molecule has 1 aromatic heterocycles. The molecule has 2 rings (SSSR count). The summed E-state index contributed by atoms with van der Waals surface area (Å²) in [6.45, 7) is 5.13. The van der Waals surface area contributed by atoms with E-state index < -0.39 is 23.7 Å². The first-order valence-electron chi connectivity index (χ1n) is 7.17. The van der Waals surface area contributed by atoms with Crippen LogP contribution >= 0.6 is 0 Å². The number of aromatic nitrogens is 2. The Morgan fingerprint density at radius 3 is 2.61 bits per heavy atom. The predicted octanol–water partition coefficient (Wildman–Crippen LogP) is 2.15. The molecule has 1 heterocycles. The molecule has 2 N–H and O–H groups in total. The lowest BCUT2D eigenvalue weighted by Gasteiger charge is -2.22. The van der Waals surface area contributed by atoms with E-state index in [9.17, 15) is 14.7 Å². The molecule has 1 atom stereocenters. The van der Waals surface area contributed by atoms with Gasteiger partial charge in [0.05, 0.1) is 11.2 Å². The Hall–Kier alpha value is -2.70. The van der Waals surface area contributed by atoms with Crippen LogP contribution in [0.1, 0.15) is 26.5 Å². The fourth-order valence-corrected chi connectivity index (χ4v) is 2.07. The Labute approximate surface area is 133 Å². The third-order valence-corrected chi connectivity index (χ3v) is 3.01. The maximum absolute atomic E-state index is 11.8. The zero-order valence-corrected chi connectivity index (χ0v) is 13.2. The summed E-state index contributed by atoms with van der Waals surface area (Å²) >= 11 is 0. The maximum Gasteiger partial charge on any atom is 0.408 e. The van der Waals surface area contributed by atoms with Crippen LogP contribution in [0.3, 0.4) is 0 Å². The second-order valence-electron chi connectivity index (χ2n) is 6.08. The number of carbonyl (C=O) groups excluding carboxylic acids is 1. The summed E-state index contributed by atoms with van der Waals surface area (Å²) in [7, 11) is 0. The minimum Gasteiger partial charge on any atom is -0.480 e. The van der Waals surface area contributed by atoms with E-state index in [1.165, 1.54) is 6.33 Å². The molecule has 0 bridgehead atoms. The molecule has 23 heavy (non-hydrogen) atoms. The van der Waals surface area contributed by atoms with Gasteiger partial charge in [0.1, 0.15) is 18.0 Å². The number of fused-ring (bicyclic) bond motifs is 1. The van der Waals surface area contributed by atoms with Gasteiger partial charge in [-0.1, -0.05) is 18.2 Å². The van der Waals surface area contributed by atoms with Gasteiger partial charge >= 0.3 is 12.1 Å². The second-order valence-corrected chi connectivity index (χ2v) is 6.08. The highest BCUT2D eigenvalue weighted by Gasteiger charge is 2.25. The molecule has 1 aromatic carbocycles. The van der Waals surface area contributed by atoms with Crippen LogP contribution in [0.2, 0.25) is 0 Å². The van der Waals surface area contributed by atoms with Gasteiger partial charge in [0.15, 0.2) is 0 Å². The Morgan fingerprint density at radius 2 is 1.96 bits per heavy atom. The molecule has 0 aliphatic heterocycles. The number of aliphatic carboxylic acids is 1. The first-order chi connectivity index (χ1) is 10.8. The number of ether oxygens (including phenoxy) is 1. The fraction of sp³-hybridized carbons (Fsp3) is 0.375. The number of carboxylic acid groups (broad SMARTS) is 1. The third kappa shape index (κ3) is 4.64. The number of hydrogen-bond donors (Lipinski definition) is 2. The molecule has 2 aromatic rings. The van der Waals surface area contributed by atoms with E-state index in [2.05, 4.69) is 15.3 Å². The molecule has 7 heteroatoms. The molecule has 0 aliphatic carbocycles. The normalized spacial score (nSPS) is 12.7. The van der Waals surface area contributed by atoms with Gasteiger partial charge in [-0.05, 0) is 26.8 Å². The van der Waals surface area contributed by atoms with E-state index in [-0.39, 0.29) is 6.42 Å². The van der Waals surface area contributed by atoms with E-state index in [0.29, 0.717) is 5.69 Å². The van der Waals surface area contributed by atoms with Crippen molar-refractivity contribution in [3.63, 3.8) is 0 Å². The van der Waals surface area contributed by atoms with Gasteiger partial charge in [0.2, 0.25) is 0 Å². The summed E-state index contributed by atoms with van der Waals surface area (Å²) in [6.07, 6.45) is 0.644. The Balaban J connectivity index is 2.19. The van der Waals surface area contributed by atoms with Crippen LogP contribution in [-0.2, 0) is 16.0 Å². The summed E-state index contributed by atoms with van der Waals surface area (Å²) < 4.78 is 5.10. The van der Waals surface area contributed by atoms with Crippen LogP contribution in [0.25, 0.3) is 10.9 Å². The van der Waals surface area contributed by atoms with Crippen LogP contribution in [0.4, 0.5) is 4.79 Å². The van der Waals surface area contributed by atoms with E-state index in [4.69, 9.17) is 4.74 Å². The minimum atomic E-state index is -1.15. The molecule has 0 saturated heterocycles. The molecule has 0 aliphatic rings. The second kappa shape index (κ2) is 6.60. The van der Waals surface area contributed by atoms with E-state index in [1.54, 1.807) is 20.8 Å². The standard InChI is InChI=1S/C16H19N3O4/c1-16(2,3)23-15(22)19-13(14(20)21)8-12-10-6-4-5-7-11(10)17-9-18-12/h4-7,9,13H,8H2,1-3H3,(H,19,22)(H,20,21)/t13-/m1/s1. The number of amides is 1. The van der Waals surface area contributed by atoms with Crippen molar-refractivity contribution in [1.82, 2.24) is 15.3 Å². The monoisotopic (exact) mass is 317 g/mol. The highest BCUT2D eigenvalue weighted by atomic mass is 16.6.